The highest BCUT2D eigenvalue weighted by molar-refractivity contribution is 5.84. The average Bonchev–Trinajstić information content (AvgIpc) is 2.38. The van der Waals surface area contributed by atoms with Gasteiger partial charge in [0.25, 0.3) is 0 Å². The number of fused-ring (bicyclic) bond motifs is 1. The van der Waals surface area contributed by atoms with E-state index in [9.17, 15) is 0 Å². The van der Waals surface area contributed by atoms with Crippen LogP contribution in [0.15, 0.2) is 36.5 Å². The summed E-state index contributed by atoms with van der Waals surface area (Å²) in [5, 5.41) is 8.16. The van der Waals surface area contributed by atoms with Gasteiger partial charge in [-0.3, -0.25) is 10.4 Å². The van der Waals surface area contributed by atoms with Crippen LogP contribution >= 0.6 is 0 Å². The molecule has 0 saturated heterocycles. The second-order valence-electron chi connectivity index (χ2n) is 4.16. The van der Waals surface area contributed by atoms with Crippen molar-refractivity contribution in [2.75, 3.05) is 6.61 Å². The van der Waals surface area contributed by atoms with Gasteiger partial charge in [-0.15, -0.1) is 0 Å². The van der Waals surface area contributed by atoms with Crippen LogP contribution in [0.1, 0.15) is 19.3 Å². The van der Waals surface area contributed by atoms with Crippen molar-refractivity contribution in [1.82, 2.24) is 4.98 Å². The average molecular weight is 243 g/mol. The van der Waals surface area contributed by atoms with Crippen molar-refractivity contribution < 1.29 is 4.74 Å². The predicted octanol–water partition coefficient (Wildman–Crippen LogP) is 2.72. The van der Waals surface area contributed by atoms with Gasteiger partial charge in [0.05, 0.1) is 18.0 Å². The van der Waals surface area contributed by atoms with Crippen LogP contribution in [0, 0.1) is 5.41 Å². The minimum Gasteiger partial charge on any atom is -0.493 e. The van der Waals surface area contributed by atoms with E-state index in [1.165, 1.54) is 0 Å². The number of hydrogen-bond acceptors (Lipinski definition) is 3. The van der Waals surface area contributed by atoms with Gasteiger partial charge in [0.15, 0.2) is 0 Å². The van der Waals surface area contributed by atoms with E-state index in [0.29, 0.717) is 13.0 Å². The molecular weight excluding hydrogens is 226 g/mol. The molecule has 0 saturated carbocycles. The summed E-state index contributed by atoms with van der Waals surface area (Å²) < 4.78 is 5.75. The van der Waals surface area contributed by atoms with Gasteiger partial charge in [-0.25, -0.2) is 0 Å². The summed E-state index contributed by atoms with van der Waals surface area (Å²) in [5.41, 5.74) is 6.24. The predicted molar refractivity (Wildman–Crippen MR) is 73.0 cm³/mol. The number of amidine groups is 1. The van der Waals surface area contributed by atoms with Crippen molar-refractivity contribution in [3.05, 3.63) is 36.5 Å². The molecule has 0 atom stereocenters. The minimum absolute atomic E-state index is 0.240. The van der Waals surface area contributed by atoms with E-state index in [-0.39, 0.29) is 5.84 Å². The maximum atomic E-state index is 7.13. The third kappa shape index (κ3) is 3.20. The Kier molecular flexibility index (Phi) is 4.12. The first-order valence-electron chi connectivity index (χ1n) is 6.07. The normalized spacial score (nSPS) is 10.4. The molecule has 0 bridgehead atoms. The van der Waals surface area contributed by atoms with E-state index in [0.717, 1.165) is 29.5 Å². The number of benzene rings is 1. The molecule has 4 heteroatoms. The zero-order chi connectivity index (χ0) is 12.8. The fourth-order valence-corrected chi connectivity index (χ4v) is 1.80. The molecule has 2 rings (SSSR count). The van der Waals surface area contributed by atoms with E-state index in [1.807, 2.05) is 30.3 Å². The summed E-state index contributed by atoms with van der Waals surface area (Å²) in [5.74, 6) is 1.10. The van der Waals surface area contributed by atoms with Gasteiger partial charge in [0.2, 0.25) is 0 Å². The van der Waals surface area contributed by atoms with Gasteiger partial charge in [-0.1, -0.05) is 6.07 Å². The largest absolute Gasteiger partial charge is 0.493 e. The van der Waals surface area contributed by atoms with Crippen LogP contribution in [0.4, 0.5) is 0 Å². The number of rotatable bonds is 6. The van der Waals surface area contributed by atoms with Gasteiger partial charge >= 0.3 is 0 Å². The molecule has 0 aliphatic carbocycles. The third-order valence-electron chi connectivity index (χ3n) is 2.70. The van der Waals surface area contributed by atoms with Crippen LogP contribution in [0.25, 0.3) is 10.9 Å². The fourth-order valence-electron chi connectivity index (χ4n) is 1.80. The minimum atomic E-state index is 0.240. The monoisotopic (exact) mass is 243 g/mol. The molecule has 0 radical (unpaired) electrons. The summed E-state index contributed by atoms with van der Waals surface area (Å²) in [6.45, 7) is 0.640. The molecule has 4 nitrogen and oxygen atoms in total. The number of nitrogens with one attached hydrogen (secondary N) is 1. The standard InChI is InChI=1S/C14H17N3O/c15-14(16)8-1-2-10-18-13-7-3-6-12-11(13)5-4-9-17-12/h3-7,9H,1-2,8,10H2,(H3,15,16). The van der Waals surface area contributed by atoms with Gasteiger partial charge in [-0.05, 0) is 37.1 Å². The lowest BCUT2D eigenvalue weighted by molar-refractivity contribution is 0.311. The number of unbranched alkanes of at least 4 members (excludes halogenated alkanes) is 1. The summed E-state index contributed by atoms with van der Waals surface area (Å²) in [6.07, 6.45) is 4.20. The molecule has 94 valence electrons. The Labute approximate surface area is 106 Å². The SMILES string of the molecule is N=C(N)CCCCOc1cccc2ncccc12. The highest BCUT2D eigenvalue weighted by atomic mass is 16.5. The van der Waals surface area contributed by atoms with Crippen LogP contribution in [-0.2, 0) is 0 Å². The summed E-state index contributed by atoms with van der Waals surface area (Å²) >= 11 is 0. The number of aromatic nitrogens is 1. The molecule has 0 amide bonds. The molecule has 2 aromatic rings. The van der Waals surface area contributed by atoms with Gasteiger partial charge in [0.1, 0.15) is 5.75 Å². The maximum Gasteiger partial charge on any atom is 0.128 e. The first kappa shape index (κ1) is 12.4. The molecule has 18 heavy (non-hydrogen) atoms. The van der Waals surface area contributed by atoms with E-state index < -0.39 is 0 Å². The van der Waals surface area contributed by atoms with Crippen molar-refractivity contribution in [2.45, 2.75) is 19.3 Å². The van der Waals surface area contributed by atoms with Crippen molar-refractivity contribution in [2.24, 2.45) is 5.73 Å². The molecule has 1 aromatic heterocycles. The van der Waals surface area contributed by atoms with Crippen molar-refractivity contribution in [3.63, 3.8) is 0 Å². The molecule has 1 aromatic carbocycles. The van der Waals surface area contributed by atoms with Crippen LogP contribution in [-0.4, -0.2) is 17.4 Å². The number of pyridine rings is 1. The zero-order valence-corrected chi connectivity index (χ0v) is 10.2. The van der Waals surface area contributed by atoms with E-state index in [4.69, 9.17) is 15.9 Å². The summed E-state index contributed by atoms with van der Waals surface area (Å²) in [7, 11) is 0. The highest BCUT2D eigenvalue weighted by Crippen LogP contribution is 2.23. The molecule has 1 heterocycles. The second kappa shape index (κ2) is 6.00. The molecule has 0 fully saturated rings. The molecule has 0 unspecified atom stereocenters. The number of ether oxygens (including phenoxy) is 1. The summed E-state index contributed by atoms with van der Waals surface area (Å²) in [6, 6.07) is 9.78. The molecule has 0 spiro atoms. The van der Waals surface area contributed by atoms with E-state index in [1.54, 1.807) is 6.20 Å². The van der Waals surface area contributed by atoms with Crippen LogP contribution in [0.3, 0.4) is 0 Å². The quantitative estimate of drug-likeness (QED) is 0.465. The van der Waals surface area contributed by atoms with Crippen LogP contribution in [0.2, 0.25) is 0 Å². The lowest BCUT2D eigenvalue weighted by Gasteiger charge is -2.08. The lowest BCUT2D eigenvalue weighted by atomic mass is 10.2. The molecule has 3 N–H and O–H groups in total. The first-order chi connectivity index (χ1) is 8.77. The molecule has 0 aliphatic heterocycles. The van der Waals surface area contributed by atoms with E-state index in [2.05, 4.69) is 4.98 Å². The first-order valence-corrected chi connectivity index (χ1v) is 6.07. The Morgan fingerprint density at radius 1 is 1.22 bits per heavy atom. The van der Waals surface area contributed by atoms with Gasteiger partial charge in [0, 0.05) is 18.0 Å². The smallest absolute Gasteiger partial charge is 0.128 e. The molecule has 0 aliphatic rings. The van der Waals surface area contributed by atoms with Crippen LogP contribution < -0.4 is 10.5 Å². The lowest BCUT2D eigenvalue weighted by Crippen LogP contribution is -2.09. The Balaban J connectivity index is 1.93. The fraction of sp³-hybridized carbons (Fsp3) is 0.286. The Morgan fingerprint density at radius 2 is 2.11 bits per heavy atom. The highest BCUT2D eigenvalue weighted by Gasteiger charge is 2.01. The van der Waals surface area contributed by atoms with Gasteiger partial charge in [-0.2, -0.15) is 0 Å². The Hall–Kier alpha value is -2.10. The number of hydrogen-bond donors (Lipinski definition) is 2. The Bertz CT molecular complexity index is 534. The van der Waals surface area contributed by atoms with Gasteiger partial charge < -0.3 is 10.5 Å². The number of nitrogens with zero attached hydrogens (tertiary/aromatic N) is 1. The number of nitrogens with two attached hydrogens (primary N) is 1. The topological polar surface area (TPSA) is 72.0 Å². The van der Waals surface area contributed by atoms with Crippen molar-refractivity contribution in [1.29, 1.82) is 5.41 Å². The second-order valence-corrected chi connectivity index (χ2v) is 4.16. The van der Waals surface area contributed by atoms with E-state index >= 15 is 0 Å². The Morgan fingerprint density at radius 3 is 2.94 bits per heavy atom. The van der Waals surface area contributed by atoms with Crippen LogP contribution in [0.5, 0.6) is 5.75 Å². The van der Waals surface area contributed by atoms with Crippen molar-refractivity contribution >= 4 is 16.7 Å². The third-order valence-corrected chi connectivity index (χ3v) is 2.70. The maximum absolute atomic E-state index is 7.13. The molecular formula is C14H17N3O. The summed E-state index contributed by atoms with van der Waals surface area (Å²) in [4.78, 5) is 4.28. The van der Waals surface area contributed by atoms with Crippen molar-refractivity contribution in [3.8, 4) is 5.75 Å². The zero-order valence-electron chi connectivity index (χ0n) is 10.2.